The van der Waals surface area contributed by atoms with Gasteiger partial charge in [-0.2, -0.15) is 4.98 Å². The van der Waals surface area contributed by atoms with Crippen LogP contribution in [-0.4, -0.2) is 22.8 Å². The summed E-state index contributed by atoms with van der Waals surface area (Å²) < 4.78 is 16.2. The first-order valence-electron chi connectivity index (χ1n) is 9.35. The van der Waals surface area contributed by atoms with Crippen molar-refractivity contribution in [2.75, 3.05) is 6.79 Å². The first-order chi connectivity index (χ1) is 14.1. The van der Waals surface area contributed by atoms with Gasteiger partial charge in [-0.15, -0.1) is 0 Å². The third-order valence-electron chi connectivity index (χ3n) is 4.96. The molecule has 3 aromatic rings. The number of hydrogen-bond donors (Lipinski definition) is 1. The average molecular weight is 414 g/mol. The van der Waals surface area contributed by atoms with Gasteiger partial charge in [-0.05, 0) is 36.2 Å². The Labute approximate surface area is 173 Å². The van der Waals surface area contributed by atoms with E-state index in [0.29, 0.717) is 33.8 Å². The third kappa shape index (κ3) is 3.91. The Kier molecular flexibility index (Phi) is 5.40. The molecule has 0 spiro atoms. The molecule has 0 aliphatic carbocycles. The lowest BCUT2D eigenvalue weighted by Crippen LogP contribution is -2.33. The highest BCUT2D eigenvalue weighted by atomic mass is 35.5. The molecule has 1 aromatic heterocycles. The zero-order valence-electron chi connectivity index (χ0n) is 16.0. The van der Waals surface area contributed by atoms with Crippen molar-refractivity contribution in [3.63, 3.8) is 0 Å². The van der Waals surface area contributed by atoms with Crippen molar-refractivity contribution < 1.29 is 18.8 Å². The maximum Gasteiger partial charge on any atom is 0.253 e. The number of rotatable bonds is 6. The Balaban J connectivity index is 1.60. The number of nitrogens with one attached hydrogen (secondary N) is 1. The Morgan fingerprint density at radius 3 is 2.79 bits per heavy atom. The second kappa shape index (κ2) is 8.13. The van der Waals surface area contributed by atoms with Gasteiger partial charge >= 0.3 is 0 Å². The van der Waals surface area contributed by atoms with Crippen LogP contribution < -0.4 is 14.8 Å². The van der Waals surface area contributed by atoms with Gasteiger partial charge in [-0.3, -0.25) is 4.79 Å². The fourth-order valence-corrected chi connectivity index (χ4v) is 3.28. The SMILES string of the molecule is CC[C@@H](C)[C@@H](NC(=O)c1ccccc1Cl)c1nc(-c2ccc3c(c2)OCO3)no1. The molecule has 0 bridgehead atoms. The van der Waals surface area contributed by atoms with Gasteiger partial charge in [0.25, 0.3) is 5.91 Å². The van der Waals surface area contributed by atoms with Crippen molar-refractivity contribution in [1.29, 1.82) is 0 Å². The van der Waals surface area contributed by atoms with Crippen molar-refractivity contribution in [3.05, 3.63) is 58.9 Å². The highest BCUT2D eigenvalue weighted by Crippen LogP contribution is 2.35. The third-order valence-corrected chi connectivity index (χ3v) is 5.29. The first kappa shape index (κ1) is 19.3. The Morgan fingerprint density at radius 2 is 2.00 bits per heavy atom. The molecule has 1 N–H and O–H groups in total. The van der Waals surface area contributed by atoms with Crippen molar-refractivity contribution in [1.82, 2.24) is 15.5 Å². The van der Waals surface area contributed by atoms with Crippen LogP contribution in [-0.2, 0) is 0 Å². The lowest BCUT2D eigenvalue weighted by atomic mass is 9.98. The van der Waals surface area contributed by atoms with E-state index in [1.807, 2.05) is 19.9 Å². The number of carbonyl (C=O) groups is 1. The quantitative estimate of drug-likeness (QED) is 0.633. The molecule has 1 aliphatic rings. The lowest BCUT2D eigenvalue weighted by molar-refractivity contribution is 0.0910. The number of ether oxygens (including phenoxy) is 2. The molecule has 0 saturated heterocycles. The highest BCUT2D eigenvalue weighted by molar-refractivity contribution is 6.33. The standard InChI is InChI=1S/C21H20ClN3O4/c1-3-12(2)18(23-20(26)14-6-4-5-7-15(14)22)21-24-19(25-29-21)13-8-9-16-17(10-13)28-11-27-16/h4-10,12,18H,3,11H2,1-2H3,(H,23,26)/t12-,18-/m1/s1. The summed E-state index contributed by atoms with van der Waals surface area (Å²) in [7, 11) is 0. The van der Waals surface area contributed by atoms with E-state index in [-0.39, 0.29) is 18.6 Å². The Hall–Kier alpha value is -3.06. The topological polar surface area (TPSA) is 86.5 Å². The summed E-state index contributed by atoms with van der Waals surface area (Å²) >= 11 is 6.16. The number of halogens is 1. The largest absolute Gasteiger partial charge is 0.454 e. The predicted octanol–water partition coefficient (Wildman–Crippen LogP) is 4.64. The summed E-state index contributed by atoms with van der Waals surface area (Å²) in [4.78, 5) is 17.3. The van der Waals surface area contributed by atoms with Crippen molar-refractivity contribution >= 4 is 17.5 Å². The summed E-state index contributed by atoms with van der Waals surface area (Å²) in [5.74, 6) is 1.86. The van der Waals surface area contributed by atoms with Crippen LogP contribution in [0.25, 0.3) is 11.4 Å². The van der Waals surface area contributed by atoms with Crippen molar-refractivity contribution in [3.8, 4) is 22.9 Å². The lowest BCUT2D eigenvalue weighted by Gasteiger charge is -2.21. The van der Waals surface area contributed by atoms with Crippen molar-refractivity contribution in [2.24, 2.45) is 5.92 Å². The van der Waals surface area contributed by atoms with Gasteiger partial charge in [0, 0.05) is 5.56 Å². The van der Waals surface area contributed by atoms with Gasteiger partial charge < -0.3 is 19.3 Å². The average Bonchev–Trinajstić information content (AvgIpc) is 3.40. The van der Waals surface area contributed by atoms with Crippen LogP contribution in [0.15, 0.2) is 47.0 Å². The molecule has 4 rings (SSSR count). The number of carbonyl (C=O) groups excluding carboxylic acids is 1. The second-order valence-corrected chi connectivity index (χ2v) is 7.25. The van der Waals surface area contributed by atoms with Gasteiger partial charge in [0.2, 0.25) is 18.5 Å². The molecule has 0 radical (unpaired) electrons. The number of hydrogen-bond acceptors (Lipinski definition) is 6. The molecule has 2 atom stereocenters. The normalized spacial score (nSPS) is 14.4. The van der Waals surface area contributed by atoms with Gasteiger partial charge in [-0.1, -0.05) is 49.2 Å². The minimum Gasteiger partial charge on any atom is -0.454 e. The second-order valence-electron chi connectivity index (χ2n) is 6.84. The molecule has 1 amide bonds. The van der Waals surface area contributed by atoms with E-state index in [1.54, 1.807) is 36.4 Å². The maximum absolute atomic E-state index is 12.8. The Morgan fingerprint density at radius 1 is 1.21 bits per heavy atom. The number of amides is 1. The van der Waals surface area contributed by atoms with E-state index in [1.165, 1.54) is 0 Å². The summed E-state index contributed by atoms with van der Waals surface area (Å²) in [6.07, 6.45) is 0.815. The van der Waals surface area contributed by atoms with Crippen LogP contribution in [0.1, 0.15) is 42.6 Å². The summed E-state index contributed by atoms with van der Waals surface area (Å²) in [6.45, 7) is 4.25. The van der Waals surface area contributed by atoms with Crippen LogP contribution in [0.4, 0.5) is 0 Å². The molecular weight excluding hydrogens is 394 g/mol. The monoisotopic (exact) mass is 413 g/mol. The molecule has 7 nitrogen and oxygen atoms in total. The van der Waals surface area contributed by atoms with Gasteiger partial charge in [0.15, 0.2) is 11.5 Å². The molecule has 150 valence electrons. The molecule has 0 fully saturated rings. The van der Waals surface area contributed by atoms with E-state index < -0.39 is 6.04 Å². The number of fused-ring (bicyclic) bond motifs is 1. The van der Waals surface area contributed by atoms with Crippen LogP contribution in [0, 0.1) is 5.92 Å². The zero-order valence-corrected chi connectivity index (χ0v) is 16.8. The number of benzene rings is 2. The van der Waals surface area contributed by atoms with Gasteiger partial charge in [0.1, 0.15) is 6.04 Å². The molecule has 2 aromatic carbocycles. The van der Waals surface area contributed by atoms with Crippen LogP contribution >= 0.6 is 11.6 Å². The van der Waals surface area contributed by atoms with Gasteiger partial charge in [0.05, 0.1) is 10.6 Å². The minimum absolute atomic E-state index is 0.0755. The summed E-state index contributed by atoms with van der Waals surface area (Å²) in [6, 6.07) is 11.9. The van der Waals surface area contributed by atoms with E-state index in [4.69, 9.17) is 25.6 Å². The smallest absolute Gasteiger partial charge is 0.253 e. The van der Waals surface area contributed by atoms with E-state index in [2.05, 4.69) is 15.5 Å². The molecular formula is C21H20ClN3O4. The molecule has 1 aliphatic heterocycles. The molecule has 0 unspecified atom stereocenters. The van der Waals surface area contributed by atoms with Crippen LogP contribution in [0.2, 0.25) is 5.02 Å². The fourth-order valence-electron chi connectivity index (χ4n) is 3.06. The first-order valence-corrected chi connectivity index (χ1v) is 9.73. The van der Waals surface area contributed by atoms with E-state index in [9.17, 15) is 4.79 Å². The van der Waals surface area contributed by atoms with Crippen molar-refractivity contribution in [2.45, 2.75) is 26.3 Å². The summed E-state index contributed by atoms with van der Waals surface area (Å²) in [5, 5.41) is 7.46. The Bertz CT molecular complexity index is 1040. The minimum atomic E-state index is -0.445. The molecule has 2 heterocycles. The van der Waals surface area contributed by atoms with E-state index >= 15 is 0 Å². The van der Waals surface area contributed by atoms with Crippen LogP contribution in [0.3, 0.4) is 0 Å². The number of aromatic nitrogens is 2. The molecule has 8 heteroatoms. The fraction of sp³-hybridized carbons (Fsp3) is 0.286. The molecule has 0 saturated carbocycles. The maximum atomic E-state index is 12.8. The van der Waals surface area contributed by atoms with Crippen LogP contribution in [0.5, 0.6) is 11.5 Å². The number of nitrogens with zero attached hydrogens (tertiary/aromatic N) is 2. The summed E-state index contributed by atoms with van der Waals surface area (Å²) in [5.41, 5.74) is 1.14. The van der Waals surface area contributed by atoms with E-state index in [0.717, 1.165) is 12.0 Å². The zero-order chi connectivity index (χ0) is 20.4. The predicted molar refractivity (Wildman–Crippen MR) is 107 cm³/mol. The highest BCUT2D eigenvalue weighted by Gasteiger charge is 2.28. The molecule has 29 heavy (non-hydrogen) atoms. The van der Waals surface area contributed by atoms with Gasteiger partial charge in [-0.25, -0.2) is 0 Å².